The number of aromatic nitrogens is 1. The van der Waals surface area contributed by atoms with Gasteiger partial charge in [-0.1, -0.05) is 18.2 Å². The maximum atomic E-state index is 6.20. The summed E-state index contributed by atoms with van der Waals surface area (Å²) in [6.07, 6.45) is 5.41. The zero-order valence-corrected chi connectivity index (χ0v) is 10.6. The van der Waals surface area contributed by atoms with Crippen molar-refractivity contribution >= 4 is 11.0 Å². The molecule has 2 N–H and O–H groups in total. The number of nitrogens with two attached hydrogens (primary N) is 1. The number of furan rings is 1. The molecule has 1 unspecified atom stereocenters. The average molecular weight is 252 g/mol. The van der Waals surface area contributed by atoms with Gasteiger partial charge in [0.2, 0.25) is 0 Å². The topological polar surface area (TPSA) is 52.0 Å². The monoisotopic (exact) mass is 252 g/mol. The van der Waals surface area contributed by atoms with Crippen molar-refractivity contribution in [2.24, 2.45) is 5.73 Å². The van der Waals surface area contributed by atoms with Crippen LogP contribution in [0.3, 0.4) is 0 Å². The highest BCUT2D eigenvalue weighted by atomic mass is 16.3. The van der Waals surface area contributed by atoms with Crippen LogP contribution in [0.1, 0.15) is 23.8 Å². The highest BCUT2D eigenvalue weighted by Crippen LogP contribution is 2.24. The highest BCUT2D eigenvalue weighted by molar-refractivity contribution is 5.77. The largest absolute Gasteiger partial charge is 0.459 e. The van der Waals surface area contributed by atoms with Crippen molar-refractivity contribution in [1.29, 1.82) is 0 Å². The van der Waals surface area contributed by atoms with E-state index in [0.29, 0.717) is 0 Å². The van der Waals surface area contributed by atoms with Crippen molar-refractivity contribution in [3.05, 3.63) is 66.2 Å². The van der Waals surface area contributed by atoms with Gasteiger partial charge in [-0.25, -0.2) is 0 Å². The minimum Gasteiger partial charge on any atom is -0.459 e. The molecule has 2 heterocycles. The number of aryl methyl sites for hydroxylation is 1. The second kappa shape index (κ2) is 5.24. The first-order chi connectivity index (χ1) is 9.33. The number of pyridine rings is 1. The van der Waals surface area contributed by atoms with Crippen LogP contribution < -0.4 is 5.73 Å². The van der Waals surface area contributed by atoms with Gasteiger partial charge in [-0.05, 0) is 42.7 Å². The molecule has 0 amide bonds. The molecular formula is C16H16N2O. The van der Waals surface area contributed by atoms with Crippen LogP contribution in [-0.2, 0) is 6.42 Å². The van der Waals surface area contributed by atoms with Crippen LogP contribution in [0.25, 0.3) is 11.0 Å². The Bertz CT molecular complexity index is 628. The molecule has 2 aromatic heterocycles. The van der Waals surface area contributed by atoms with Crippen LogP contribution in [-0.4, -0.2) is 4.98 Å². The quantitative estimate of drug-likeness (QED) is 0.773. The van der Waals surface area contributed by atoms with Gasteiger partial charge in [0.1, 0.15) is 11.3 Å². The number of para-hydroxylation sites is 1. The molecule has 19 heavy (non-hydrogen) atoms. The van der Waals surface area contributed by atoms with E-state index >= 15 is 0 Å². The number of hydrogen-bond acceptors (Lipinski definition) is 3. The number of hydrogen-bond donors (Lipinski definition) is 1. The summed E-state index contributed by atoms with van der Waals surface area (Å²) in [5.41, 5.74) is 8.35. The van der Waals surface area contributed by atoms with Crippen molar-refractivity contribution in [2.45, 2.75) is 18.9 Å². The zero-order chi connectivity index (χ0) is 13.1. The van der Waals surface area contributed by atoms with Crippen molar-refractivity contribution in [3.8, 4) is 0 Å². The molecule has 0 aliphatic heterocycles. The molecule has 0 aliphatic rings. The van der Waals surface area contributed by atoms with Crippen LogP contribution in [0, 0.1) is 0 Å². The molecular weight excluding hydrogens is 236 g/mol. The van der Waals surface area contributed by atoms with E-state index in [0.717, 1.165) is 29.6 Å². The highest BCUT2D eigenvalue weighted by Gasteiger charge is 2.11. The Kier molecular flexibility index (Phi) is 3.29. The Morgan fingerprint density at radius 3 is 2.68 bits per heavy atom. The van der Waals surface area contributed by atoms with E-state index in [-0.39, 0.29) is 6.04 Å². The molecule has 96 valence electrons. The molecule has 3 aromatic rings. The molecule has 3 rings (SSSR count). The molecule has 0 bridgehead atoms. The summed E-state index contributed by atoms with van der Waals surface area (Å²) in [6.45, 7) is 0. The van der Waals surface area contributed by atoms with E-state index in [2.05, 4.69) is 4.98 Å². The fraction of sp³-hybridized carbons (Fsp3) is 0.188. The van der Waals surface area contributed by atoms with Crippen LogP contribution in [0.4, 0.5) is 0 Å². The summed E-state index contributed by atoms with van der Waals surface area (Å²) in [5.74, 6) is 0.857. The number of rotatable bonds is 4. The molecule has 0 fully saturated rings. The van der Waals surface area contributed by atoms with Gasteiger partial charge in [0.05, 0.1) is 6.04 Å². The molecule has 1 atom stereocenters. The van der Waals surface area contributed by atoms with Crippen molar-refractivity contribution in [2.75, 3.05) is 0 Å². The fourth-order valence-corrected chi connectivity index (χ4v) is 2.20. The second-order valence-electron chi connectivity index (χ2n) is 4.69. The average Bonchev–Trinajstić information content (AvgIpc) is 2.90. The summed E-state index contributed by atoms with van der Waals surface area (Å²) in [7, 11) is 0. The maximum absolute atomic E-state index is 6.20. The molecule has 0 aliphatic carbocycles. The molecule has 0 saturated carbocycles. The first kappa shape index (κ1) is 11.9. The molecule has 3 heteroatoms. The SMILES string of the molecule is NC(CCc1ccncc1)c1cc2ccccc2o1. The predicted octanol–water partition coefficient (Wildman–Crippen LogP) is 3.46. The third kappa shape index (κ3) is 2.66. The van der Waals surface area contributed by atoms with Crippen LogP contribution >= 0.6 is 0 Å². The minimum absolute atomic E-state index is 0.0689. The number of fused-ring (bicyclic) bond motifs is 1. The number of nitrogens with zero attached hydrogens (tertiary/aromatic N) is 1. The van der Waals surface area contributed by atoms with E-state index < -0.39 is 0 Å². The summed E-state index contributed by atoms with van der Waals surface area (Å²) >= 11 is 0. The Labute approximate surface area is 112 Å². The predicted molar refractivity (Wildman–Crippen MR) is 75.7 cm³/mol. The molecule has 3 nitrogen and oxygen atoms in total. The van der Waals surface area contributed by atoms with Crippen molar-refractivity contribution in [3.63, 3.8) is 0 Å². The van der Waals surface area contributed by atoms with E-state index in [1.807, 2.05) is 54.9 Å². The Morgan fingerprint density at radius 1 is 1.11 bits per heavy atom. The van der Waals surface area contributed by atoms with Crippen LogP contribution in [0.5, 0.6) is 0 Å². The molecule has 0 radical (unpaired) electrons. The normalized spacial score (nSPS) is 12.7. The summed E-state index contributed by atoms with van der Waals surface area (Å²) in [5, 5.41) is 1.11. The van der Waals surface area contributed by atoms with Gasteiger partial charge in [-0.2, -0.15) is 0 Å². The van der Waals surface area contributed by atoms with E-state index in [4.69, 9.17) is 10.2 Å². The second-order valence-corrected chi connectivity index (χ2v) is 4.69. The lowest BCUT2D eigenvalue weighted by Gasteiger charge is -2.08. The fourth-order valence-electron chi connectivity index (χ4n) is 2.20. The van der Waals surface area contributed by atoms with Gasteiger partial charge < -0.3 is 10.2 Å². The van der Waals surface area contributed by atoms with Gasteiger partial charge in [-0.3, -0.25) is 4.98 Å². The first-order valence-electron chi connectivity index (χ1n) is 6.46. The van der Waals surface area contributed by atoms with Gasteiger partial charge in [0.15, 0.2) is 0 Å². The van der Waals surface area contributed by atoms with Gasteiger partial charge >= 0.3 is 0 Å². The smallest absolute Gasteiger partial charge is 0.134 e. The van der Waals surface area contributed by atoms with Crippen molar-refractivity contribution < 1.29 is 4.42 Å². The summed E-state index contributed by atoms with van der Waals surface area (Å²) in [6, 6.07) is 14.0. The lowest BCUT2D eigenvalue weighted by molar-refractivity contribution is 0.478. The van der Waals surface area contributed by atoms with Crippen LogP contribution in [0.2, 0.25) is 0 Å². The van der Waals surface area contributed by atoms with E-state index in [9.17, 15) is 0 Å². The van der Waals surface area contributed by atoms with E-state index in [1.54, 1.807) is 0 Å². The minimum atomic E-state index is -0.0689. The van der Waals surface area contributed by atoms with Crippen molar-refractivity contribution in [1.82, 2.24) is 4.98 Å². The third-order valence-electron chi connectivity index (χ3n) is 3.30. The third-order valence-corrected chi connectivity index (χ3v) is 3.30. The summed E-state index contributed by atoms with van der Waals surface area (Å²) in [4.78, 5) is 4.01. The van der Waals surface area contributed by atoms with E-state index in [1.165, 1.54) is 5.56 Å². The van der Waals surface area contributed by atoms with Crippen LogP contribution in [0.15, 0.2) is 59.3 Å². The summed E-state index contributed by atoms with van der Waals surface area (Å²) < 4.78 is 5.78. The first-order valence-corrected chi connectivity index (χ1v) is 6.46. The van der Waals surface area contributed by atoms with Gasteiger partial charge in [0.25, 0.3) is 0 Å². The lowest BCUT2D eigenvalue weighted by atomic mass is 10.1. The molecule has 0 saturated heterocycles. The number of benzene rings is 1. The molecule has 1 aromatic carbocycles. The zero-order valence-electron chi connectivity index (χ0n) is 10.6. The van der Waals surface area contributed by atoms with Gasteiger partial charge in [0, 0.05) is 17.8 Å². The standard InChI is InChI=1S/C16H16N2O/c17-14(6-5-12-7-9-18-10-8-12)16-11-13-3-1-2-4-15(13)19-16/h1-4,7-11,14H,5-6,17H2. The van der Waals surface area contributed by atoms with Gasteiger partial charge in [-0.15, -0.1) is 0 Å². The Balaban J connectivity index is 1.71. The Hall–Kier alpha value is -2.13. The Morgan fingerprint density at radius 2 is 1.89 bits per heavy atom. The molecule has 0 spiro atoms. The maximum Gasteiger partial charge on any atom is 0.134 e. The lowest BCUT2D eigenvalue weighted by Crippen LogP contribution is -2.10.